The molecule has 1 saturated heterocycles. The highest BCUT2D eigenvalue weighted by atomic mass is 32.2. The molecule has 2 rings (SSSR count). The number of rotatable bonds is 3. The molecule has 1 aromatic rings. The highest BCUT2D eigenvalue weighted by Crippen LogP contribution is 2.13. The normalized spacial score (nSPS) is 15.9. The van der Waals surface area contributed by atoms with E-state index in [9.17, 15) is 4.79 Å². The van der Waals surface area contributed by atoms with E-state index in [2.05, 4.69) is 9.97 Å². The zero-order valence-corrected chi connectivity index (χ0v) is 10.6. The van der Waals surface area contributed by atoms with Crippen molar-refractivity contribution < 1.29 is 9.53 Å². The van der Waals surface area contributed by atoms with Gasteiger partial charge in [0.2, 0.25) is 5.91 Å². The van der Waals surface area contributed by atoms with Gasteiger partial charge in [0.05, 0.1) is 19.0 Å². The molecular formula is C11H15N3O2S. The molecule has 0 unspecified atom stereocenters. The number of carbonyl (C=O) groups is 1. The van der Waals surface area contributed by atoms with Gasteiger partial charge in [-0.25, -0.2) is 9.97 Å². The Labute approximate surface area is 105 Å². The molecule has 1 fully saturated rings. The number of amides is 1. The maximum Gasteiger partial charge on any atom is 0.233 e. The van der Waals surface area contributed by atoms with Crippen LogP contribution in [0.15, 0.2) is 17.4 Å². The Bertz CT molecular complexity index is 394. The SMILES string of the molecule is Cc1ccnc(SCC(=O)N2CCOCC2)n1. The zero-order chi connectivity index (χ0) is 12.1. The summed E-state index contributed by atoms with van der Waals surface area (Å²) in [7, 11) is 0. The Morgan fingerprint density at radius 1 is 1.53 bits per heavy atom. The Morgan fingerprint density at radius 3 is 3.00 bits per heavy atom. The first-order valence-electron chi connectivity index (χ1n) is 5.53. The summed E-state index contributed by atoms with van der Waals surface area (Å²) in [4.78, 5) is 22.0. The predicted molar refractivity (Wildman–Crippen MR) is 64.9 cm³/mol. The minimum atomic E-state index is 0.128. The maximum absolute atomic E-state index is 11.9. The van der Waals surface area contributed by atoms with Gasteiger partial charge in [-0.05, 0) is 13.0 Å². The summed E-state index contributed by atoms with van der Waals surface area (Å²) in [6, 6.07) is 1.84. The van der Waals surface area contributed by atoms with Crippen molar-refractivity contribution >= 4 is 17.7 Å². The van der Waals surface area contributed by atoms with Gasteiger partial charge in [0.1, 0.15) is 0 Å². The number of morpholine rings is 1. The fourth-order valence-electron chi connectivity index (χ4n) is 1.53. The van der Waals surface area contributed by atoms with Crippen LogP contribution in [0.5, 0.6) is 0 Å². The van der Waals surface area contributed by atoms with Crippen LogP contribution in [0.4, 0.5) is 0 Å². The van der Waals surface area contributed by atoms with Crippen LogP contribution in [-0.4, -0.2) is 52.8 Å². The first-order chi connectivity index (χ1) is 8.25. The molecule has 1 aromatic heterocycles. The summed E-state index contributed by atoms with van der Waals surface area (Å²) in [6.45, 7) is 4.56. The van der Waals surface area contributed by atoms with Gasteiger partial charge in [0.15, 0.2) is 5.16 Å². The predicted octanol–water partition coefficient (Wildman–Crippen LogP) is 0.736. The lowest BCUT2D eigenvalue weighted by atomic mass is 10.4. The fourth-order valence-corrected chi connectivity index (χ4v) is 2.30. The molecule has 17 heavy (non-hydrogen) atoms. The molecule has 0 saturated carbocycles. The quantitative estimate of drug-likeness (QED) is 0.587. The number of ether oxygens (including phenoxy) is 1. The average molecular weight is 253 g/mol. The third-order valence-electron chi connectivity index (χ3n) is 2.46. The second kappa shape index (κ2) is 5.97. The van der Waals surface area contributed by atoms with Crippen LogP contribution in [0.1, 0.15) is 5.69 Å². The molecule has 0 spiro atoms. The molecule has 1 amide bonds. The summed E-state index contributed by atoms with van der Waals surface area (Å²) in [5, 5.41) is 0.659. The highest BCUT2D eigenvalue weighted by molar-refractivity contribution is 7.99. The van der Waals surface area contributed by atoms with Gasteiger partial charge in [-0.15, -0.1) is 0 Å². The van der Waals surface area contributed by atoms with E-state index >= 15 is 0 Å². The van der Waals surface area contributed by atoms with Gasteiger partial charge in [-0.3, -0.25) is 4.79 Å². The van der Waals surface area contributed by atoms with Gasteiger partial charge in [-0.2, -0.15) is 0 Å². The molecule has 0 aromatic carbocycles. The lowest BCUT2D eigenvalue weighted by molar-refractivity contribution is -0.132. The Morgan fingerprint density at radius 2 is 2.29 bits per heavy atom. The van der Waals surface area contributed by atoms with Crippen molar-refractivity contribution in [2.24, 2.45) is 0 Å². The third-order valence-corrected chi connectivity index (χ3v) is 3.31. The van der Waals surface area contributed by atoms with Gasteiger partial charge in [-0.1, -0.05) is 11.8 Å². The van der Waals surface area contributed by atoms with Gasteiger partial charge < -0.3 is 9.64 Å². The van der Waals surface area contributed by atoms with Gasteiger partial charge in [0, 0.05) is 25.0 Å². The molecule has 0 N–H and O–H groups in total. The summed E-state index contributed by atoms with van der Waals surface area (Å²) in [6.07, 6.45) is 1.71. The largest absolute Gasteiger partial charge is 0.378 e. The molecule has 1 aliphatic heterocycles. The van der Waals surface area contributed by atoms with E-state index < -0.39 is 0 Å². The average Bonchev–Trinajstić information content (AvgIpc) is 2.37. The van der Waals surface area contributed by atoms with Crippen LogP contribution < -0.4 is 0 Å². The molecule has 6 heteroatoms. The van der Waals surface area contributed by atoms with E-state index in [4.69, 9.17) is 4.74 Å². The molecule has 0 bridgehead atoms. The van der Waals surface area contributed by atoms with Crippen LogP contribution in [-0.2, 0) is 9.53 Å². The number of thioether (sulfide) groups is 1. The van der Waals surface area contributed by atoms with Crippen molar-refractivity contribution in [3.63, 3.8) is 0 Å². The Balaban J connectivity index is 1.83. The first-order valence-corrected chi connectivity index (χ1v) is 6.52. The van der Waals surface area contributed by atoms with Gasteiger partial charge in [0.25, 0.3) is 0 Å². The molecular weight excluding hydrogens is 238 g/mol. The van der Waals surface area contributed by atoms with E-state index in [0.717, 1.165) is 5.69 Å². The molecule has 1 aliphatic rings. The lowest BCUT2D eigenvalue weighted by Crippen LogP contribution is -2.41. The molecule has 0 atom stereocenters. The Hall–Kier alpha value is -1.14. The molecule has 2 heterocycles. The van der Waals surface area contributed by atoms with Crippen molar-refractivity contribution in [1.82, 2.24) is 14.9 Å². The highest BCUT2D eigenvalue weighted by Gasteiger charge is 2.17. The minimum Gasteiger partial charge on any atom is -0.378 e. The smallest absolute Gasteiger partial charge is 0.233 e. The van der Waals surface area contributed by atoms with Crippen molar-refractivity contribution in [2.45, 2.75) is 12.1 Å². The molecule has 0 aliphatic carbocycles. The van der Waals surface area contributed by atoms with E-state index in [0.29, 0.717) is 37.2 Å². The lowest BCUT2D eigenvalue weighted by Gasteiger charge is -2.26. The van der Waals surface area contributed by atoms with Crippen LogP contribution in [0.25, 0.3) is 0 Å². The maximum atomic E-state index is 11.9. The molecule has 0 radical (unpaired) electrons. The number of carbonyl (C=O) groups excluding carboxylic acids is 1. The van der Waals surface area contributed by atoms with Crippen molar-refractivity contribution in [3.05, 3.63) is 18.0 Å². The third kappa shape index (κ3) is 3.67. The first kappa shape index (κ1) is 12.3. The number of hydrogen-bond donors (Lipinski definition) is 0. The zero-order valence-electron chi connectivity index (χ0n) is 9.76. The van der Waals surface area contributed by atoms with Crippen LogP contribution in [0, 0.1) is 6.92 Å². The van der Waals surface area contributed by atoms with E-state index in [-0.39, 0.29) is 5.91 Å². The summed E-state index contributed by atoms with van der Waals surface area (Å²) in [5.41, 5.74) is 0.918. The summed E-state index contributed by atoms with van der Waals surface area (Å²) >= 11 is 1.38. The van der Waals surface area contributed by atoms with Crippen LogP contribution in [0.3, 0.4) is 0 Å². The summed E-state index contributed by atoms with van der Waals surface area (Å²) < 4.78 is 5.20. The van der Waals surface area contributed by atoms with E-state index in [1.165, 1.54) is 11.8 Å². The van der Waals surface area contributed by atoms with E-state index in [1.54, 1.807) is 6.20 Å². The van der Waals surface area contributed by atoms with Crippen LogP contribution in [0.2, 0.25) is 0 Å². The molecule has 5 nitrogen and oxygen atoms in total. The number of aromatic nitrogens is 2. The van der Waals surface area contributed by atoms with Crippen molar-refractivity contribution in [3.8, 4) is 0 Å². The standard InChI is InChI=1S/C11H15N3O2S/c1-9-2-3-12-11(13-9)17-8-10(15)14-4-6-16-7-5-14/h2-3H,4-8H2,1H3. The second-order valence-electron chi connectivity index (χ2n) is 3.76. The van der Waals surface area contributed by atoms with Gasteiger partial charge >= 0.3 is 0 Å². The number of hydrogen-bond acceptors (Lipinski definition) is 5. The van der Waals surface area contributed by atoms with Crippen LogP contribution >= 0.6 is 11.8 Å². The minimum absolute atomic E-state index is 0.128. The fraction of sp³-hybridized carbons (Fsp3) is 0.545. The van der Waals surface area contributed by atoms with Crippen molar-refractivity contribution in [1.29, 1.82) is 0 Å². The molecule has 92 valence electrons. The van der Waals surface area contributed by atoms with E-state index in [1.807, 2.05) is 17.9 Å². The Kier molecular flexibility index (Phi) is 4.33. The topological polar surface area (TPSA) is 55.3 Å². The van der Waals surface area contributed by atoms with Crippen molar-refractivity contribution in [2.75, 3.05) is 32.1 Å². The second-order valence-corrected chi connectivity index (χ2v) is 4.70. The summed E-state index contributed by atoms with van der Waals surface area (Å²) in [5.74, 6) is 0.520. The number of aryl methyl sites for hydroxylation is 1. The monoisotopic (exact) mass is 253 g/mol. The number of nitrogens with zero attached hydrogens (tertiary/aromatic N) is 3.